The molecule has 0 saturated heterocycles. The Hall–Kier alpha value is -1.38. The monoisotopic (exact) mass is 305 g/mol. The van der Waals surface area contributed by atoms with Gasteiger partial charge in [-0.2, -0.15) is 0 Å². The smallest absolute Gasteiger partial charge is 0.127 e. The largest absolute Gasteiger partial charge is 0.310 e. The van der Waals surface area contributed by atoms with Crippen LogP contribution < -0.4 is 5.32 Å². The van der Waals surface area contributed by atoms with Crippen molar-refractivity contribution in [3.05, 3.63) is 69.5 Å². The molecule has 2 rings (SSSR count). The topological polar surface area (TPSA) is 12.0 Å². The maximum Gasteiger partial charge on any atom is 0.127 e. The van der Waals surface area contributed by atoms with Crippen molar-refractivity contribution in [2.45, 2.75) is 33.2 Å². The number of benzene rings is 2. The summed E-state index contributed by atoms with van der Waals surface area (Å²) in [6.07, 6.45) is 0.547. The number of likely N-dealkylation sites (N-methyl/N-ethyl adjacent to an activating group) is 1. The second kappa shape index (κ2) is 7.06. The molecule has 0 aliphatic rings. The molecule has 1 nitrogen and oxygen atoms in total. The van der Waals surface area contributed by atoms with Crippen molar-refractivity contribution < 1.29 is 4.39 Å². The standard InChI is InChI=1S/C18H21ClFN/c1-4-21-17(18-12(2)7-5-8-13(18)3)11-14-15(19)9-6-10-16(14)20/h5-10,17,21H,4,11H2,1-3H3. The summed E-state index contributed by atoms with van der Waals surface area (Å²) >= 11 is 6.17. The maximum absolute atomic E-state index is 14.1. The highest BCUT2D eigenvalue weighted by atomic mass is 35.5. The van der Waals surface area contributed by atoms with E-state index < -0.39 is 0 Å². The van der Waals surface area contributed by atoms with Gasteiger partial charge in [-0.05, 0) is 55.6 Å². The first kappa shape index (κ1) is 16.0. The molecule has 0 spiro atoms. The Labute approximate surface area is 131 Å². The van der Waals surface area contributed by atoms with E-state index in [9.17, 15) is 4.39 Å². The molecule has 3 heteroatoms. The van der Waals surface area contributed by atoms with E-state index in [0.29, 0.717) is 17.0 Å². The van der Waals surface area contributed by atoms with Crippen LogP contribution in [-0.2, 0) is 6.42 Å². The number of halogens is 2. The highest BCUT2D eigenvalue weighted by Crippen LogP contribution is 2.29. The lowest BCUT2D eigenvalue weighted by atomic mass is 9.91. The van der Waals surface area contributed by atoms with Gasteiger partial charge in [-0.25, -0.2) is 4.39 Å². The zero-order valence-electron chi connectivity index (χ0n) is 12.7. The van der Waals surface area contributed by atoms with Gasteiger partial charge in [-0.1, -0.05) is 42.8 Å². The Kier molecular flexibility index (Phi) is 5.38. The maximum atomic E-state index is 14.1. The van der Waals surface area contributed by atoms with Gasteiger partial charge < -0.3 is 5.32 Å². The van der Waals surface area contributed by atoms with Crippen LogP contribution in [0.25, 0.3) is 0 Å². The first-order valence-corrected chi connectivity index (χ1v) is 7.64. The van der Waals surface area contributed by atoms with E-state index in [1.165, 1.54) is 22.8 Å². The van der Waals surface area contributed by atoms with Crippen LogP contribution in [0.15, 0.2) is 36.4 Å². The normalized spacial score (nSPS) is 12.4. The Balaban J connectivity index is 2.41. The average molecular weight is 306 g/mol. The molecule has 2 aromatic rings. The van der Waals surface area contributed by atoms with Gasteiger partial charge in [0.1, 0.15) is 5.82 Å². The summed E-state index contributed by atoms with van der Waals surface area (Å²) < 4.78 is 14.1. The van der Waals surface area contributed by atoms with Crippen molar-refractivity contribution in [3.63, 3.8) is 0 Å². The van der Waals surface area contributed by atoms with Crippen LogP contribution in [0.2, 0.25) is 5.02 Å². The van der Waals surface area contributed by atoms with E-state index in [1.54, 1.807) is 12.1 Å². The number of nitrogens with one attached hydrogen (secondary N) is 1. The Bertz CT molecular complexity index is 584. The average Bonchev–Trinajstić information content (AvgIpc) is 2.42. The molecule has 2 aromatic carbocycles. The fourth-order valence-electron chi connectivity index (χ4n) is 2.83. The number of hydrogen-bond acceptors (Lipinski definition) is 1. The van der Waals surface area contributed by atoms with Crippen molar-refractivity contribution in [1.82, 2.24) is 5.32 Å². The molecule has 21 heavy (non-hydrogen) atoms. The molecule has 1 atom stereocenters. The van der Waals surface area contributed by atoms with Crippen molar-refractivity contribution in [1.29, 1.82) is 0 Å². The molecule has 0 aromatic heterocycles. The van der Waals surface area contributed by atoms with E-state index in [0.717, 1.165) is 6.54 Å². The van der Waals surface area contributed by atoms with Crippen LogP contribution in [0.3, 0.4) is 0 Å². The van der Waals surface area contributed by atoms with Gasteiger partial charge in [-0.3, -0.25) is 0 Å². The summed E-state index contributed by atoms with van der Waals surface area (Å²) in [6, 6.07) is 11.1. The van der Waals surface area contributed by atoms with E-state index in [2.05, 4.69) is 38.2 Å². The molecule has 0 radical (unpaired) electrons. The van der Waals surface area contributed by atoms with Crippen LogP contribution >= 0.6 is 11.6 Å². The van der Waals surface area contributed by atoms with Crippen molar-refractivity contribution in [2.75, 3.05) is 6.54 Å². The highest BCUT2D eigenvalue weighted by molar-refractivity contribution is 6.31. The summed E-state index contributed by atoms with van der Waals surface area (Å²) in [6.45, 7) is 7.07. The molecule has 0 aliphatic heterocycles. The highest BCUT2D eigenvalue weighted by Gasteiger charge is 2.19. The predicted octanol–water partition coefficient (Wildman–Crippen LogP) is 4.99. The molecule has 0 aliphatic carbocycles. The molecule has 0 amide bonds. The molecule has 0 fully saturated rings. The molecular weight excluding hydrogens is 285 g/mol. The number of hydrogen-bond donors (Lipinski definition) is 1. The van der Waals surface area contributed by atoms with Gasteiger partial charge in [0.2, 0.25) is 0 Å². The minimum absolute atomic E-state index is 0.0607. The third kappa shape index (κ3) is 3.63. The van der Waals surface area contributed by atoms with Crippen LogP contribution in [0.5, 0.6) is 0 Å². The van der Waals surface area contributed by atoms with Crippen LogP contribution in [0.1, 0.15) is 35.2 Å². The first-order valence-electron chi connectivity index (χ1n) is 7.27. The molecule has 0 heterocycles. The predicted molar refractivity (Wildman–Crippen MR) is 87.4 cm³/mol. The lowest BCUT2D eigenvalue weighted by molar-refractivity contribution is 0.524. The quantitative estimate of drug-likeness (QED) is 0.820. The lowest BCUT2D eigenvalue weighted by Gasteiger charge is -2.23. The summed E-state index contributed by atoms with van der Waals surface area (Å²) in [7, 11) is 0. The Morgan fingerprint density at radius 1 is 1.10 bits per heavy atom. The molecule has 1 unspecified atom stereocenters. The summed E-state index contributed by atoms with van der Waals surface area (Å²) in [4.78, 5) is 0. The van der Waals surface area contributed by atoms with Gasteiger partial charge in [0.15, 0.2) is 0 Å². The van der Waals surface area contributed by atoms with Crippen LogP contribution in [-0.4, -0.2) is 6.54 Å². The van der Waals surface area contributed by atoms with Crippen molar-refractivity contribution in [3.8, 4) is 0 Å². The Morgan fingerprint density at radius 2 is 1.71 bits per heavy atom. The van der Waals surface area contributed by atoms with E-state index >= 15 is 0 Å². The summed E-state index contributed by atoms with van der Waals surface area (Å²) in [5.41, 5.74) is 4.24. The molecule has 0 bridgehead atoms. The summed E-state index contributed by atoms with van der Waals surface area (Å²) in [5, 5.41) is 3.95. The zero-order chi connectivity index (χ0) is 15.4. The minimum atomic E-state index is -0.239. The first-order chi connectivity index (χ1) is 10.0. The SMILES string of the molecule is CCNC(Cc1c(F)cccc1Cl)c1c(C)cccc1C. The van der Waals surface area contributed by atoms with Crippen molar-refractivity contribution >= 4 is 11.6 Å². The Morgan fingerprint density at radius 3 is 2.29 bits per heavy atom. The molecule has 0 saturated carbocycles. The number of rotatable bonds is 5. The van der Waals surface area contributed by atoms with Gasteiger partial charge in [0, 0.05) is 16.6 Å². The second-order valence-electron chi connectivity index (χ2n) is 5.32. The second-order valence-corrected chi connectivity index (χ2v) is 5.73. The zero-order valence-corrected chi connectivity index (χ0v) is 13.5. The van der Waals surface area contributed by atoms with Crippen molar-refractivity contribution in [2.24, 2.45) is 0 Å². The van der Waals surface area contributed by atoms with Gasteiger partial charge in [-0.15, -0.1) is 0 Å². The van der Waals surface area contributed by atoms with E-state index in [1.807, 2.05) is 6.07 Å². The molecule has 112 valence electrons. The van der Waals surface area contributed by atoms with Gasteiger partial charge >= 0.3 is 0 Å². The van der Waals surface area contributed by atoms with Crippen LogP contribution in [0, 0.1) is 19.7 Å². The van der Waals surface area contributed by atoms with Gasteiger partial charge in [0.05, 0.1) is 0 Å². The lowest BCUT2D eigenvalue weighted by Crippen LogP contribution is -2.25. The third-order valence-corrected chi connectivity index (χ3v) is 4.17. The molecule has 1 N–H and O–H groups in total. The fraction of sp³-hybridized carbons (Fsp3) is 0.333. The van der Waals surface area contributed by atoms with Gasteiger partial charge in [0.25, 0.3) is 0 Å². The number of aryl methyl sites for hydroxylation is 2. The fourth-order valence-corrected chi connectivity index (χ4v) is 3.07. The van der Waals surface area contributed by atoms with E-state index in [4.69, 9.17) is 11.6 Å². The van der Waals surface area contributed by atoms with E-state index in [-0.39, 0.29) is 11.9 Å². The summed E-state index contributed by atoms with van der Waals surface area (Å²) in [5.74, 6) is -0.239. The molecular formula is C18H21ClFN. The third-order valence-electron chi connectivity index (χ3n) is 3.81. The minimum Gasteiger partial charge on any atom is -0.310 e. The van der Waals surface area contributed by atoms with Crippen LogP contribution in [0.4, 0.5) is 4.39 Å².